The van der Waals surface area contributed by atoms with Gasteiger partial charge in [-0.1, -0.05) is 172 Å². The van der Waals surface area contributed by atoms with Gasteiger partial charge in [-0.3, -0.25) is 0 Å². The third-order valence-corrected chi connectivity index (χ3v) is 13.0. The van der Waals surface area contributed by atoms with Crippen molar-refractivity contribution in [1.29, 1.82) is 0 Å². The average Bonchev–Trinajstić information content (AvgIpc) is 3.43. The Morgan fingerprint density at radius 3 is 1.94 bits per heavy atom. The van der Waals surface area contributed by atoms with E-state index in [1.165, 1.54) is 110 Å². The fourth-order valence-corrected chi connectivity index (χ4v) is 10.3. The molecule has 53 heavy (non-hydrogen) atoms. The SMILES string of the molecule is CC1(C)c2cc(-c3ccc(-c4ccc5c6c4C=CC4=CC=CC(C=C5)C46)cc3)ccc2-c2ccc(-c3ccc4ccc5cccc6ccc3c4c56)cc21. The van der Waals surface area contributed by atoms with E-state index in [9.17, 15) is 0 Å². The maximum atomic E-state index is 2.47. The number of fused-ring (bicyclic) bond motifs is 3. The van der Waals surface area contributed by atoms with Crippen LogP contribution in [0, 0.1) is 5.92 Å². The Labute approximate surface area is 310 Å². The number of rotatable bonds is 3. The summed E-state index contributed by atoms with van der Waals surface area (Å²) in [4.78, 5) is 0. The molecule has 0 fully saturated rings. The lowest BCUT2D eigenvalue weighted by Crippen LogP contribution is -2.20. The molecule has 248 valence electrons. The molecule has 8 aromatic rings. The third kappa shape index (κ3) is 4.01. The fraction of sp³-hybridized carbons (Fsp3) is 0.0943. The molecule has 0 heteroatoms. The maximum absolute atomic E-state index is 2.47. The zero-order valence-electron chi connectivity index (χ0n) is 29.8. The van der Waals surface area contributed by atoms with E-state index in [0.29, 0.717) is 11.8 Å². The smallest absolute Gasteiger partial charge is 0.0199 e. The minimum absolute atomic E-state index is 0.119. The highest BCUT2D eigenvalue weighted by atomic mass is 14.4. The average molecular weight is 673 g/mol. The highest BCUT2D eigenvalue weighted by molar-refractivity contribution is 6.25. The normalized spacial score (nSPS) is 18.4. The molecule has 2 unspecified atom stereocenters. The second-order valence-electron chi connectivity index (χ2n) is 16.0. The first-order valence-electron chi connectivity index (χ1n) is 19.0. The van der Waals surface area contributed by atoms with Crippen molar-refractivity contribution >= 4 is 44.5 Å². The summed E-state index contributed by atoms with van der Waals surface area (Å²) in [6.45, 7) is 4.80. The molecule has 0 amide bonds. The summed E-state index contributed by atoms with van der Waals surface area (Å²) in [5.74, 6) is 0.869. The lowest BCUT2D eigenvalue weighted by atomic mass is 9.68. The standard InChI is InChI=1S/C53H36/c1-53(2)47-29-39(31-9-11-32(12-10-31)41-23-17-37-15-13-33-5-3-7-35-19-27-45(41)51(37)49(33)35)21-25-43(47)44-26-22-40(30-48(44)53)42-24-18-38-16-14-34-6-4-8-36-20-28-46(42)52(38)50(34)36/h3-30,33,49H,1-2H3. The minimum Gasteiger partial charge on any atom is -0.0767 e. The van der Waals surface area contributed by atoms with Crippen LogP contribution in [0.3, 0.4) is 0 Å². The largest absolute Gasteiger partial charge is 0.0767 e. The van der Waals surface area contributed by atoms with Gasteiger partial charge in [-0.05, 0) is 122 Å². The number of hydrogen-bond acceptors (Lipinski definition) is 0. The maximum Gasteiger partial charge on any atom is 0.0199 e. The first kappa shape index (κ1) is 29.3. The van der Waals surface area contributed by atoms with Gasteiger partial charge in [-0.2, -0.15) is 0 Å². The Morgan fingerprint density at radius 2 is 1.13 bits per heavy atom. The van der Waals surface area contributed by atoms with Crippen molar-refractivity contribution in [3.05, 3.63) is 191 Å². The van der Waals surface area contributed by atoms with Gasteiger partial charge in [0.25, 0.3) is 0 Å². The minimum atomic E-state index is -0.119. The summed E-state index contributed by atoms with van der Waals surface area (Å²) < 4.78 is 0. The van der Waals surface area contributed by atoms with Crippen LogP contribution >= 0.6 is 0 Å². The van der Waals surface area contributed by atoms with E-state index >= 15 is 0 Å². The van der Waals surface area contributed by atoms with Crippen LogP contribution in [0.25, 0.3) is 89.0 Å². The van der Waals surface area contributed by atoms with Gasteiger partial charge in [0.05, 0.1) is 0 Å². The van der Waals surface area contributed by atoms with Crippen LogP contribution < -0.4 is 0 Å². The van der Waals surface area contributed by atoms with Gasteiger partial charge in [0.15, 0.2) is 0 Å². The quantitative estimate of drug-likeness (QED) is 0.164. The van der Waals surface area contributed by atoms with Crippen molar-refractivity contribution in [2.45, 2.75) is 25.2 Å². The monoisotopic (exact) mass is 672 g/mol. The van der Waals surface area contributed by atoms with E-state index in [0.717, 1.165) is 0 Å². The molecular weight excluding hydrogens is 637 g/mol. The molecule has 0 aromatic heterocycles. The summed E-state index contributed by atoms with van der Waals surface area (Å²) >= 11 is 0. The lowest BCUT2D eigenvalue weighted by molar-refractivity contribution is 0.661. The van der Waals surface area contributed by atoms with Crippen molar-refractivity contribution in [3.8, 4) is 44.5 Å². The van der Waals surface area contributed by atoms with Crippen molar-refractivity contribution < 1.29 is 0 Å². The fourth-order valence-electron chi connectivity index (χ4n) is 10.3. The second-order valence-corrected chi connectivity index (χ2v) is 16.0. The van der Waals surface area contributed by atoms with E-state index in [2.05, 4.69) is 184 Å². The van der Waals surface area contributed by atoms with Gasteiger partial charge < -0.3 is 0 Å². The molecule has 8 aromatic carbocycles. The number of hydrogen-bond donors (Lipinski definition) is 0. The Hall–Kier alpha value is -6.24. The van der Waals surface area contributed by atoms with Crippen LogP contribution in [-0.2, 0) is 5.41 Å². The van der Waals surface area contributed by atoms with Crippen LogP contribution in [0.5, 0.6) is 0 Å². The van der Waals surface area contributed by atoms with Crippen LogP contribution in [0.15, 0.2) is 163 Å². The molecule has 0 spiro atoms. The molecule has 0 bridgehead atoms. The predicted molar refractivity (Wildman–Crippen MR) is 226 cm³/mol. The molecule has 4 aliphatic rings. The number of benzene rings is 8. The van der Waals surface area contributed by atoms with E-state index in [4.69, 9.17) is 0 Å². The van der Waals surface area contributed by atoms with Crippen LogP contribution in [0.1, 0.15) is 47.6 Å². The van der Waals surface area contributed by atoms with Crippen molar-refractivity contribution in [1.82, 2.24) is 0 Å². The van der Waals surface area contributed by atoms with E-state index in [1.807, 2.05) is 0 Å². The van der Waals surface area contributed by atoms with Gasteiger partial charge in [-0.25, -0.2) is 0 Å². The first-order chi connectivity index (χ1) is 26.0. The summed E-state index contributed by atoms with van der Waals surface area (Å²) in [6.07, 6.45) is 16.2. The first-order valence-corrected chi connectivity index (χ1v) is 19.0. The van der Waals surface area contributed by atoms with Crippen LogP contribution in [0.2, 0.25) is 0 Å². The Balaban J connectivity index is 0.903. The van der Waals surface area contributed by atoms with Gasteiger partial charge in [0, 0.05) is 17.3 Å². The molecule has 0 nitrogen and oxygen atoms in total. The zero-order chi connectivity index (χ0) is 35.0. The van der Waals surface area contributed by atoms with Crippen molar-refractivity contribution in [3.63, 3.8) is 0 Å². The highest BCUT2D eigenvalue weighted by Crippen LogP contribution is 2.52. The summed E-state index contributed by atoms with van der Waals surface area (Å²) in [6, 6.07) is 48.6. The van der Waals surface area contributed by atoms with E-state index in [-0.39, 0.29) is 5.41 Å². The Morgan fingerprint density at radius 1 is 0.491 bits per heavy atom. The van der Waals surface area contributed by atoms with E-state index in [1.54, 1.807) is 0 Å². The molecule has 2 atom stereocenters. The molecule has 0 aliphatic heterocycles. The highest BCUT2D eigenvalue weighted by Gasteiger charge is 2.36. The molecule has 0 heterocycles. The molecule has 0 N–H and O–H groups in total. The zero-order valence-corrected chi connectivity index (χ0v) is 29.8. The predicted octanol–water partition coefficient (Wildman–Crippen LogP) is 14.1. The molecule has 0 saturated carbocycles. The summed E-state index contributed by atoms with van der Waals surface area (Å²) in [5.41, 5.74) is 18.7. The summed E-state index contributed by atoms with van der Waals surface area (Å²) in [7, 11) is 0. The lowest BCUT2D eigenvalue weighted by Gasteiger charge is -2.35. The van der Waals surface area contributed by atoms with E-state index < -0.39 is 0 Å². The van der Waals surface area contributed by atoms with Gasteiger partial charge >= 0.3 is 0 Å². The molecular formula is C53H36. The summed E-state index contributed by atoms with van der Waals surface area (Å²) in [5, 5.41) is 8.00. The van der Waals surface area contributed by atoms with Crippen LogP contribution in [0.4, 0.5) is 0 Å². The molecule has 12 rings (SSSR count). The number of allylic oxidation sites excluding steroid dienone is 6. The van der Waals surface area contributed by atoms with Crippen LogP contribution in [-0.4, -0.2) is 0 Å². The molecule has 4 aliphatic carbocycles. The van der Waals surface area contributed by atoms with Gasteiger partial charge in [-0.15, -0.1) is 0 Å². The van der Waals surface area contributed by atoms with Gasteiger partial charge in [0.1, 0.15) is 0 Å². The Bertz CT molecular complexity index is 3000. The van der Waals surface area contributed by atoms with Gasteiger partial charge in [0.2, 0.25) is 0 Å². The van der Waals surface area contributed by atoms with Crippen molar-refractivity contribution in [2.24, 2.45) is 5.92 Å². The topological polar surface area (TPSA) is 0 Å². The third-order valence-electron chi connectivity index (χ3n) is 13.0. The van der Waals surface area contributed by atoms with Crippen molar-refractivity contribution in [2.75, 3.05) is 0 Å². The Kier molecular flexibility index (Phi) is 5.77. The molecule has 0 radical (unpaired) electrons. The second kappa shape index (κ2) is 10.4. The molecule has 0 saturated heterocycles.